The Balaban J connectivity index is 1.24. The van der Waals surface area contributed by atoms with E-state index in [4.69, 9.17) is 14.0 Å². The molecule has 2 aliphatic rings. The lowest BCUT2D eigenvalue weighted by molar-refractivity contribution is -0.123. The molecule has 3 heterocycles. The van der Waals surface area contributed by atoms with E-state index in [0.29, 0.717) is 36.4 Å². The molecule has 8 nitrogen and oxygen atoms in total. The largest absolute Gasteiger partial charge is 0.493 e. The van der Waals surface area contributed by atoms with Gasteiger partial charge in [0.25, 0.3) is 0 Å². The number of methoxy groups -OCH3 is 2. The van der Waals surface area contributed by atoms with Crippen LogP contribution in [-0.4, -0.2) is 49.9 Å². The van der Waals surface area contributed by atoms with Crippen LogP contribution in [0.2, 0.25) is 0 Å². The zero-order valence-electron chi connectivity index (χ0n) is 19.0. The summed E-state index contributed by atoms with van der Waals surface area (Å²) < 4.78 is 16.2. The second kappa shape index (κ2) is 9.13. The smallest absolute Gasteiger partial charge is 0.324 e. The van der Waals surface area contributed by atoms with Crippen molar-refractivity contribution in [1.82, 2.24) is 10.1 Å². The van der Waals surface area contributed by atoms with Crippen LogP contribution in [-0.2, 0) is 11.2 Å². The highest BCUT2D eigenvalue weighted by molar-refractivity contribution is 5.96. The van der Waals surface area contributed by atoms with E-state index in [9.17, 15) is 4.79 Å². The van der Waals surface area contributed by atoms with Crippen molar-refractivity contribution >= 4 is 17.6 Å². The zero-order valence-corrected chi connectivity index (χ0v) is 19.0. The maximum absolute atomic E-state index is 13.3. The van der Waals surface area contributed by atoms with Gasteiger partial charge in [-0.2, -0.15) is 4.98 Å². The fourth-order valence-electron chi connectivity index (χ4n) is 4.74. The minimum Gasteiger partial charge on any atom is -0.493 e. The molecule has 0 unspecified atom stereocenters. The van der Waals surface area contributed by atoms with Crippen LogP contribution in [0.15, 0.2) is 47.0 Å². The molecule has 0 saturated carbocycles. The van der Waals surface area contributed by atoms with E-state index in [-0.39, 0.29) is 11.8 Å². The third-order valence-corrected chi connectivity index (χ3v) is 6.55. The summed E-state index contributed by atoms with van der Waals surface area (Å²) in [4.78, 5) is 21.9. The number of para-hydroxylation sites is 1. The van der Waals surface area contributed by atoms with Crippen molar-refractivity contribution in [3.8, 4) is 22.9 Å². The highest BCUT2D eigenvalue weighted by Gasteiger charge is 2.32. The molecule has 2 aliphatic heterocycles. The van der Waals surface area contributed by atoms with Crippen molar-refractivity contribution in [3.05, 3.63) is 48.0 Å². The third kappa shape index (κ3) is 4.13. The monoisotopic (exact) mass is 448 g/mol. The minimum absolute atomic E-state index is 0.0145. The predicted molar refractivity (Wildman–Crippen MR) is 125 cm³/mol. The van der Waals surface area contributed by atoms with Gasteiger partial charge in [0.05, 0.1) is 14.2 Å². The Morgan fingerprint density at radius 3 is 2.61 bits per heavy atom. The number of piperidine rings is 1. The molecule has 0 aliphatic carbocycles. The van der Waals surface area contributed by atoms with Crippen molar-refractivity contribution < 1.29 is 18.8 Å². The summed E-state index contributed by atoms with van der Waals surface area (Å²) in [6, 6.07) is 14.3. The van der Waals surface area contributed by atoms with Crippen molar-refractivity contribution in [2.24, 2.45) is 5.92 Å². The molecule has 33 heavy (non-hydrogen) atoms. The number of nitrogens with zero attached hydrogens (tertiary/aromatic N) is 4. The molecule has 172 valence electrons. The van der Waals surface area contributed by atoms with Gasteiger partial charge in [-0.25, -0.2) is 0 Å². The fourth-order valence-corrected chi connectivity index (χ4v) is 4.74. The van der Waals surface area contributed by atoms with Gasteiger partial charge in [0.15, 0.2) is 11.5 Å². The van der Waals surface area contributed by atoms with E-state index in [1.165, 1.54) is 5.56 Å². The van der Waals surface area contributed by atoms with E-state index in [0.717, 1.165) is 43.5 Å². The van der Waals surface area contributed by atoms with E-state index in [1.54, 1.807) is 14.2 Å². The summed E-state index contributed by atoms with van der Waals surface area (Å²) in [6.07, 6.45) is 3.59. The Kier molecular flexibility index (Phi) is 5.90. The first-order valence-corrected chi connectivity index (χ1v) is 11.4. The highest BCUT2D eigenvalue weighted by Crippen LogP contribution is 2.33. The topological polar surface area (TPSA) is 80.9 Å². The summed E-state index contributed by atoms with van der Waals surface area (Å²) in [5.41, 5.74) is 3.13. The van der Waals surface area contributed by atoms with Crippen LogP contribution in [0.5, 0.6) is 11.5 Å². The number of carbonyl (C=O) groups excluding carboxylic acids is 1. The number of rotatable bonds is 5. The highest BCUT2D eigenvalue weighted by atomic mass is 16.5. The lowest BCUT2D eigenvalue weighted by atomic mass is 9.93. The number of hydrogen-bond acceptors (Lipinski definition) is 7. The first kappa shape index (κ1) is 21.3. The van der Waals surface area contributed by atoms with E-state index >= 15 is 0 Å². The van der Waals surface area contributed by atoms with Gasteiger partial charge in [0.1, 0.15) is 0 Å². The predicted octanol–water partition coefficient (Wildman–Crippen LogP) is 3.95. The van der Waals surface area contributed by atoms with Crippen LogP contribution in [0.1, 0.15) is 24.8 Å². The molecule has 8 heteroatoms. The second-order valence-corrected chi connectivity index (χ2v) is 8.45. The summed E-state index contributed by atoms with van der Waals surface area (Å²) in [5.74, 6) is 2.00. The van der Waals surface area contributed by atoms with Crippen molar-refractivity contribution in [2.45, 2.75) is 25.7 Å². The van der Waals surface area contributed by atoms with Crippen LogP contribution < -0.4 is 19.3 Å². The van der Waals surface area contributed by atoms with E-state index < -0.39 is 0 Å². The summed E-state index contributed by atoms with van der Waals surface area (Å²) in [6.45, 7) is 2.22. The molecule has 2 aromatic carbocycles. The van der Waals surface area contributed by atoms with Crippen molar-refractivity contribution in [3.63, 3.8) is 0 Å². The Morgan fingerprint density at radius 1 is 1.03 bits per heavy atom. The average Bonchev–Trinajstić information content (AvgIpc) is 3.38. The molecular weight excluding hydrogens is 420 g/mol. The van der Waals surface area contributed by atoms with Crippen molar-refractivity contribution in [2.75, 3.05) is 43.7 Å². The molecule has 1 amide bonds. The van der Waals surface area contributed by atoms with Gasteiger partial charge < -0.3 is 23.8 Å². The van der Waals surface area contributed by atoms with Gasteiger partial charge in [0.2, 0.25) is 11.7 Å². The number of aryl methyl sites for hydroxylation is 1. The maximum Gasteiger partial charge on any atom is 0.324 e. The Morgan fingerprint density at radius 2 is 1.82 bits per heavy atom. The molecule has 5 rings (SSSR count). The molecular formula is C25H28N4O4. The van der Waals surface area contributed by atoms with Crippen LogP contribution in [0, 0.1) is 5.92 Å². The number of benzene rings is 2. The number of fused-ring (bicyclic) bond motifs is 1. The van der Waals surface area contributed by atoms with E-state index in [1.807, 2.05) is 35.2 Å². The Bertz CT molecular complexity index is 1140. The first-order valence-electron chi connectivity index (χ1n) is 11.4. The molecule has 1 aromatic heterocycles. The molecule has 1 saturated heterocycles. The molecule has 0 radical (unpaired) electrons. The quantitative estimate of drug-likeness (QED) is 0.585. The Labute approximate surface area is 193 Å². The van der Waals surface area contributed by atoms with Gasteiger partial charge >= 0.3 is 6.01 Å². The summed E-state index contributed by atoms with van der Waals surface area (Å²) in [5, 5.41) is 4.15. The fraction of sp³-hybridized carbons (Fsp3) is 0.400. The standard InChI is InChI=1S/C25H28N4O4/c1-31-21-10-9-19(16-22(21)32-2)23-26-25(33-27-23)28-14-11-18(12-15-28)24(30)29-13-5-7-17-6-3-4-8-20(17)29/h3-4,6,8-10,16,18H,5,7,11-15H2,1-2H3. The van der Waals surface area contributed by atoms with Crippen molar-refractivity contribution in [1.29, 1.82) is 0 Å². The van der Waals surface area contributed by atoms with Crippen LogP contribution in [0.4, 0.5) is 11.7 Å². The first-order chi connectivity index (χ1) is 16.2. The molecule has 0 bridgehead atoms. The average molecular weight is 449 g/mol. The van der Waals surface area contributed by atoms with E-state index in [2.05, 4.69) is 27.2 Å². The Hall–Kier alpha value is -3.55. The normalized spacial score (nSPS) is 16.4. The van der Waals surface area contributed by atoms with Gasteiger partial charge in [0, 0.05) is 36.8 Å². The zero-order chi connectivity index (χ0) is 22.8. The third-order valence-electron chi connectivity index (χ3n) is 6.55. The van der Waals surface area contributed by atoms with Gasteiger partial charge in [-0.1, -0.05) is 23.4 Å². The van der Waals surface area contributed by atoms with Gasteiger partial charge in [-0.05, 0) is 55.5 Å². The molecule has 0 N–H and O–H groups in total. The number of amides is 1. The lowest BCUT2D eigenvalue weighted by Crippen LogP contribution is -2.44. The minimum atomic E-state index is 0.0145. The summed E-state index contributed by atoms with van der Waals surface area (Å²) >= 11 is 0. The number of hydrogen-bond donors (Lipinski definition) is 0. The van der Waals surface area contributed by atoms with Gasteiger partial charge in [-0.15, -0.1) is 0 Å². The van der Waals surface area contributed by atoms with Gasteiger partial charge in [-0.3, -0.25) is 4.79 Å². The SMILES string of the molecule is COc1ccc(-c2noc(N3CCC(C(=O)N4CCCc5ccccc54)CC3)n2)cc1OC. The number of anilines is 2. The van der Waals surface area contributed by atoms with Crippen LogP contribution in [0.25, 0.3) is 11.4 Å². The molecule has 0 atom stereocenters. The second-order valence-electron chi connectivity index (χ2n) is 8.45. The van der Waals surface area contributed by atoms with Crippen LogP contribution >= 0.6 is 0 Å². The lowest BCUT2D eigenvalue weighted by Gasteiger charge is -2.35. The number of aromatic nitrogens is 2. The maximum atomic E-state index is 13.3. The number of carbonyl (C=O) groups is 1. The molecule has 3 aromatic rings. The van der Waals surface area contributed by atoms with Crippen LogP contribution in [0.3, 0.4) is 0 Å². The molecule has 0 spiro atoms. The molecule has 1 fully saturated rings. The number of ether oxygens (including phenoxy) is 2. The summed E-state index contributed by atoms with van der Waals surface area (Å²) in [7, 11) is 3.19.